The molecule has 7 heteroatoms. The topological polar surface area (TPSA) is 79.8 Å². The van der Waals surface area contributed by atoms with E-state index in [9.17, 15) is 9.59 Å². The number of amides is 1. The molecule has 1 atom stereocenters. The third kappa shape index (κ3) is 4.99. The van der Waals surface area contributed by atoms with E-state index in [1.807, 2.05) is 37.3 Å². The van der Waals surface area contributed by atoms with Crippen molar-refractivity contribution in [3.63, 3.8) is 0 Å². The summed E-state index contributed by atoms with van der Waals surface area (Å²) in [6.07, 6.45) is 0. The summed E-state index contributed by atoms with van der Waals surface area (Å²) >= 11 is 1.26. The maximum atomic E-state index is 12.0. The molecule has 0 saturated carbocycles. The van der Waals surface area contributed by atoms with Crippen LogP contribution in [0.3, 0.4) is 0 Å². The summed E-state index contributed by atoms with van der Waals surface area (Å²) in [4.78, 5) is 23.8. The second-order valence-electron chi connectivity index (χ2n) is 5.77. The summed E-state index contributed by atoms with van der Waals surface area (Å²) in [5.74, 6) is 0.555. The van der Waals surface area contributed by atoms with Gasteiger partial charge in [-0.2, -0.15) is 0 Å². The fourth-order valence-electron chi connectivity index (χ4n) is 1.91. The van der Waals surface area contributed by atoms with Gasteiger partial charge in [0.25, 0.3) is 0 Å². The molecule has 2 rings (SSSR count). The van der Waals surface area contributed by atoms with E-state index in [2.05, 4.69) is 29.4 Å². The number of hydrogen-bond donors (Lipinski definition) is 2. The molecule has 0 bridgehead atoms. The van der Waals surface area contributed by atoms with E-state index in [-0.39, 0.29) is 23.4 Å². The third-order valence-corrected chi connectivity index (χ3v) is 4.60. The molecule has 0 aliphatic heterocycles. The first-order valence-corrected chi connectivity index (χ1v) is 8.57. The van der Waals surface area contributed by atoms with E-state index in [4.69, 9.17) is 0 Å². The van der Waals surface area contributed by atoms with Gasteiger partial charge >= 0.3 is 5.69 Å². The molecule has 0 aliphatic rings. The van der Waals surface area contributed by atoms with Crippen LogP contribution in [0.25, 0.3) is 0 Å². The summed E-state index contributed by atoms with van der Waals surface area (Å²) in [6.45, 7) is 6.53. The van der Waals surface area contributed by atoms with Crippen LogP contribution in [0.4, 0.5) is 0 Å². The van der Waals surface area contributed by atoms with E-state index in [1.54, 1.807) is 4.57 Å². The van der Waals surface area contributed by atoms with E-state index < -0.39 is 0 Å². The molecule has 0 spiro atoms. The van der Waals surface area contributed by atoms with Crippen molar-refractivity contribution in [1.29, 1.82) is 0 Å². The maximum Gasteiger partial charge on any atom is 0.344 e. The second kappa shape index (κ2) is 8.01. The summed E-state index contributed by atoms with van der Waals surface area (Å²) in [5, 5.41) is 9.91. The standard InChI is InChI=1S/C16H22N4O2S/c1-11(2)12(3)17-14(21)10-23-16-19-18-15(22)20(16)9-13-7-5-4-6-8-13/h4-8,11-12H,9-10H2,1-3H3,(H,17,21)(H,18,22). The van der Waals surface area contributed by atoms with Crippen molar-refractivity contribution in [1.82, 2.24) is 20.1 Å². The number of thioether (sulfide) groups is 1. The Bertz CT molecular complexity index is 694. The fourth-order valence-corrected chi connectivity index (χ4v) is 2.67. The Morgan fingerprint density at radius 3 is 2.65 bits per heavy atom. The molecule has 0 fully saturated rings. The van der Waals surface area contributed by atoms with E-state index in [0.29, 0.717) is 17.6 Å². The molecule has 1 unspecified atom stereocenters. The Morgan fingerprint density at radius 2 is 2.00 bits per heavy atom. The largest absolute Gasteiger partial charge is 0.353 e. The zero-order valence-electron chi connectivity index (χ0n) is 13.6. The van der Waals surface area contributed by atoms with Gasteiger partial charge in [-0.3, -0.25) is 9.36 Å². The number of H-pyrrole nitrogens is 1. The van der Waals surface area contributed by atoms with Crippen LogP contribution in [0.15, 0.2) is 40.3 Å². The first-order chi connectivity index (χ1) is 11.0. The van der Waals surface area contributed by atoms with Crippen molar-refractivity contribution in [2.75, 3.05) is 5.75 Å². The Kier molecular flexibility index (Phi) is 6.04. The van der Waals surface area contributed by atoms with Crippen LogP contribution >= 0.6 is 11.8 Å². The molecule has 0 aliphatic carbocycles. The van der Waals surface area contributed by atoms with Gasteiger partial charge in [0.1, 0.15) is 0 Å². The molecule has 6 nitrogen and oxygen atoms in total. The Hall–Kier alpha value is -2.02. The van der Waals surface area contributed by atoms with Gasteiger partial charge < -0.3 is 5.32 Å². The number of aromatic amines is 1. The highest BCUT2D eigenvalue weighted by Crippen LogP contribution is 2.14. The summed E-state index contributed by atoms with van der Waals surface area (Å²) in [5.41, 5.74) is 0.739. The summed E-state index contributed by atoms with van der Waals surface area (Å²) in [6, 6.07) is 9.80. The number of nitrogens with zero attached hydrogens (tertiary/aromatic N) is 2. The highest BCUT2D eigenvalue weighted by atomic mass is 32.2. The van der Waals surface area contributed by atoms with Gasteiger partial charge in [0.15, 0.2) is 5.16 Å². The van der Waals surface area contributed by atoms with Crippen molar-refractivity contribution in [2.45, 2.75) is 38.5 Å². The zero-order chi connectivity index (χ0) is 16.8. The lowest BCUT2D eigenvalue weighted by molar-refractivity contribution is -0.119. The van der Waals surface area contributed by atoms with Crippen molar-refractivity contribution in [3.05, 3.63) is 46.4 Å². The number of aromatic nitrogens is 3. The molecular weight excluding hydrogens is 312 g/mol. The number of benzene rings is 1. The zero-order valence-corrected chi connectivity index (χ0v) is 14.4. The lowest BCUT2D eigenvalue weighted by Gasteiger charge is -2.17. The minimum atomic E-state index is -0.271. The number of hydrogen-bond acceptors (Lipinski definition) is 4. The lowest BCUT2D eigenvalue weighted by Crippen LogP contribution is -2.37. The van der Waals surface area contributed by atoms with Crippen LogP contribution < -0.4 is 11.0 Å². The number of carbonyl (C=O) groups excluding carboxylic acids is 1. The van der Waals surface area contributed by atoms with Crippen molar-refractivity contribution in [3.8, 4) is 0 Å². The minimum Gasteiger partial charge on any atom is -0.353 e. The van der Waals surface area contributed by atoms with Crippen LogP contribution in [0, 0.1) is 5.92 Å². The molecular formula is C16H22N4O2S. The average Bonchev–Trinajstić information content (AvgIpc) is 2.87. The van der Waals surface area contributed by atoms with Crippen LogP contribution in [-0.4, -0.2) is 32.5 Å². The Balaban J connectivity index is 1.99. The Morgan fingerprint density at radius 1 is 1.30 bits per heavy atom. The molecule has 2 N–H and O–H groups in total. The highest BCUT2D eigenvalue weighted by molar-refractivity contribution is 7.99. The monoisotopic (exact) mass is 334 g/mol. The van der Waals surface area contributed by atoms with E-state index in [1.165, 1.54) is 11.8 Å². The van der Waals surface area contributed by atoms with Crippen LogP contribution in [0.2, 0.25) is 0 Å². The van der Waals surface area contributed by atoms with Gasteiger partial charge in [-0.25, -0.2) is 9.89 Å². The molecule has 23 heavy (non-hydrogen) atoms. The Labute approximate surface area is 139 Å². The molecule has 1 heterocycles. The van der Waals surface area contributed by atoms with Gasteiger partial charge in [-0.15, -0.1) is 5.10 Å². The number of rotatable bonds is 7. The van der Waals surface area contributed by atoms with Gasteiger partial charge in [-0.05, 0) is 18.4 Å². The van der Waals surface area contributed by atoms with E-state index >= 15 is 0 Å². The van der Waals surface area contributed by atoms with Gasteiger partial charge in [-0.1, -0.05) is 55.9 Å². The lowest BCUT2D eigenvalue weighted by atomic mass is 10.1. The molecule has 0 saturated heterocycles. The normalized spacial score (nSPS) is 12.3. The van der Waals surface area contributed by atoms with E-state index in [0.717, 1.165) is 5.56 Å². The van der Waals surface area contributed by atoms with Crippen molar-refractivity contribution < 1.29 is 4.79 Å². The smallest absolute Gasteiger partial charge is 0.344 e. The summed E-state index contributed by atoms with van der Waals surface area (Å²) in [7, 11) is 0. The minimum absolute atomic E-state index is 0.0575. The first-order valence-electron chi connectivity index (χ1n) is 7.58. The van der Waals surface area contributed by atoms with Crippen molar-refractivity contribution >= 4 is 17.7 Å². The molecule has 0 radical (unpaired) electrons. The fraction of sp³-hybridized carbons (Fsp3) is 0.438. The van der Waals surface area contributed by atoms with Crippen molar-refractivity contribution in [2.24, 2.45) is 5.92 Å². The van der Waals surface area contributed by atoms with Crippen LogP contribution in [0.1, 0.15) is 26.3 Å². The second-order valence-corrected chi connectivity index (χ2v) is 6.71. The SMILES string of the molecule is CC(C)C(C)NC(=O)CSc1n[nH]c(=O)n1Cc1ccccc1. The van der Waals surface area contributed by atoms with Gasteiger partial charge in [0, 0.05) is 6.04 Å². The predicted octanol–water partition coefficient (Wildman–Crippen LogP) is 1.87. The van der Waals surface area contributed by atoms with Crippen LogP contribution in [-0.2, 0) is 11.3 Å². The molecule has 124 valence electrons. The van der Waals surface area contributed by atoms with Crippen LogP contribution in [0.5, 0.6) is 0 Å². The van der Waals surface area contributed by atoms with Gasteiger partial charge in [0.2, 0.25) is 5.91 Å². The third-order valence-electron chi connectivity index (χ3n) is 3.63. The quantitative estimate of drug-likeness (QED) is 0.758. The molecule has 1 aromatic heterocycles. The molecule has 1 aromatic carbocycles. The molecule has 1 amide bonds. The molecule has 2 aromatic rings. The number of nitrogens with one attached hydrogen (secondary N) is 2. The average molecular weight is 334 g/mol. The highest BCUT2D eigenvalue weighted by Gasteiger charge is 2.14. The summed E-state index contributed by atoms with van der Waals surface area (Å²) < 4.78 is 1.54. The predicted molar refractivity (Wildman–Crippen MR) is 91.6 cm³/mol. The first kappa shape index (κ1) is 17.3. The maximum absolute atomic E-state index is 12.0. The van der Waals surface area contributed by atoms with Gasteiger partial charge in [0.05, 0.1) is 12.3 Å². The number of carbonyl (C=O) groups is 1.